The van der Waals surface area contributed by atoms with E-state index >= 15 is 0 Å². The molecular weight excluding hydrogens is 300 g/mol. The van der Waals surface area contributed by atoms with Crippen LogP contribution in [0.1, 0.15) is 37.7 Å². The lowest BCUT2D eigenvalue weighted by molar-refractivity contribution is -0.120. The van der Waals surface area contributed by atoms with Crippen LogP contribution in [0, 0.1) is 17.8 Å². The fraction of sp³-hybridized carbons (Fsp3) is 0.588. The Morgan fingerprint density at radius 2 is 1.68 bits per heavy atom. The summed E-state index contributed by atoms with van der Waals surface area (Å²) in [6, 6.07) is 11.0. The molecule has 0 aliphatic heterocycles. The topological polar surface area (TPSA) is 17.1 Å². The highest BCUT2D eigenvalue weighted by atomic mass is 79.9. The van der Waals surface area contributed by atoms with Crippen molar-refractivity contribution in [1.82, 2.24) is 0 Å². The summed E-state index contributed by atoms with van der Waals surface area (Å²) in [5.41, 5.74) is 1.87. The van der Waals surface area contributed by atoms with Crippen LogP contribution in [-0.4, -0.2) is 10.6 Å². The van der Waals surface area contributed by atoms with Crippen LogP contribution in [0.15, 0.2) is 30.3 Å². The average Bonchev–Trinajstić information content (AvgIpc) is 2.45. The lowest BCUT2D eigenvalue weighted by Gasteiger charge is -2.62. The van der Waals surface area contributed by atoms with Crippen molar-refractivity contribution in [2.24, 2.45) is 17.8 Å². The van der Waals surface area contributed by atoms with Gasteiger partial charge in [0.2, 0.25) is 0 Å². The first-order chi connectivity index (χ1) is 9.16. The van der Waals surface area contributed by atoms with Crippen LogP contribution in [-0.2, 0) is 10.2 Å². The van der Waals surface area contributed by atoms with Gasteiger partial charge in [-0.3, -0.25) is 0 Å². The van der Waals surface area contributed by atoms with Crippen LogP contribution in [0.2, 0.25) is 0 Å². The van der Waals surface area contributed by atoms with Crippen molar-refractivity contribution in [1.29, 1.82) is 0 Å². The molecule has 3 unspecified atom stereocenters. The van der Waals surface area contributed by atoms with Crippen molar-refractivity contribution < 1.29 is 4.79 Å². The maximum atomic E-state index is 11.6. The summed E-state index contributed by atoms with van der Waals surface area (Å²) in [5, 5.41) is 0. The summed E-state index contributed by atoms with van der Waals surface area (Å²) < 4.78 is -0.220. The van der Waals surface area contributed by atoms with Gasteiger partial charge in [0.25, 0.3) is 0 Å². The highest BCUT2D eigenvalue weighted by Crippen LogP contribution is 2.65. The zero-order chi connectivity index (χ0) is 13.1. The van der Waals surface area contributed by atoms with Crippen LogP contribution in [0.4, 0.5) is 0 Å². The van der Waals surface area contributed by atoms with Gasteiger partial charge >= 0.3 is 0 Å². The quantitative estimate of drug-likeness (QED) is 0.592. The third-order valence-corrected chi connectivity index (χ3v) is 7.49. The van der Waals surface area contributed by atoms with Gasteiger partial charge in [0.05, 0.1) is 4.32 Å². The fourth-order valence-corrected chi connectivity index (χ4v) is 6.02. The molecular formula is C17H19BrO. The van der Waals surface area contributed by atoms with Crippen molar-refractivity contribution >= 4 is 22.2 Å². The van der Waals surface area contributed by atoms with Gasteiger partial charge in [0, 0.05) is 0 Å². The number of rotatable bonds is 2. The molecule has 5 rings (SSSR count). The minimum absolute atomic E-state index is 0.220. The zero-order valence-corrected chi connectivity index (χ0v) is 12.6. The smallest absolute Gasteiger partial charge is 0.137 e. The van der Waals surface area contributed by atoms with Gasteiger partial charge in [-0.2, -0.15) is 0 Å². The van der Waals surface area contributed by atoms with E-state index in [1.165, 1.54) is 44.0 Å². The number of halogens is 1. The molecule has 0 amide bonds. The number of benzene rings is 1. The molecule has 0 heterocycles. The first-order valence-electron chi connectivity index (χ1n) is 7.37. The van der Waals surface area contributed by atoms with Crippen molar-refractivity contribution in [2.45, 2.75) is 41.8 Å². The van der Waals surface area contributed by atoms with Gasteiger partial charge in [-0.15, -0.1) is 0 Å². The third-order valence-electron chi connectivity index (χ3n) is 6.01. The van der Waals surface area contributed by atoms with E-state index in [1.807, 2.05) is 0 Å². The summed E-state index contributed by atoms with van der Waals surface area (Å²) >= 11 is 3.81. The molecule has 1 aromatic rings. The van der Waals surface area contributed by atoms with Gasteiger partial charge in [-0.05, 0) is 60.8 Å². The Labute approximate surface area is 122 Å². The number of aldehydes is 1. The number of carbonyl (C=O) groups excluding carboxylic acids is 1. The molecule has 4 aliphatic carbocycles. The van der Waals surface area contributed by atoms with Gasteiger partial charge in [0.1, 0.15) is 6.29 Å². The SMILES string of the molecule is O=CC1(Br)[C@@H]2CC3C[C@H]1CC(c1ccccc1)(C3)C2. The maximum Gasteiger partial charge on any atom is 0.137 e. The largest absolute Gasteiger partial charge is 0.302 e. The minimum atomic E-state index is -0.220. The van der Waals surface area contributed by atoms with Gasteiger partial charge in [0.15, 0.2) is 0 Å². The summed E-state index contributed by atoms with van der Waals surface area (Å²) in [7, 11) is 0. The van der Waals surface area contributed by atoms with Crippen LogP contribution >= 0.6 is 15.9 Å². The first-order valence-corrected chi connectivity index (χ1v) is 8.16. The zero-order valence-electron chi connectivity index (χ0n) is 11.0. The van der Waals surface area contributed by atoms with Crippen LogP contribution < -0.4 is 0 Å². The van der Waals surface area contributed by atoms with Gasteiger partial charge in [-0.25, -0.2) is 0 Å². The highest BCUT2D eigenvalue weighted by Gasteiger charge is 2.61. The molecule has 5 atom stereocenters. The second-order valence-electron chi connectivity index (χ2n) is 6.94. The Bertz CT molecular complexity index is 493. The van der Waals surface area contributed by atoms with Crippen LogP contribution in [0.25, 0.3) is 0 Å². The molecule has 4 bridgehead atoms. The molecule has 0 N–H and O–H groups in total. The summed E-state index contributed by atoms with van der Waals surface area (Å²) in [6.45, 7) is 0. The summed E-state index contributed by atoms with van der Waals surface area (Å²) in [4.78, 5) is 11.6. The number of carbonyl (C=O) groups is 1. The molecule has 4 fully saturated rings. The van der Waals surface area contributed by atoms with E-state index in [1.54, 1.807) is 0 Å². The Morgan fingerprint density at radius 1 is 1.05 bits per heavy atom. The Hall–Kier alpha value is -0.630. The molecule has 0 radical (unpaired) electrons. The molecule has 4 aliphatic rings. The standard InChI is InChI=1S/C17H19BrO/c18-17(11-19)14-6-12-7-15(17)10-16(8-12,9-14)13-4-2-1-3-5-13/h1-5,11-12,14-15H,6-10H2/t12?,14-,15+,16?,17?. The van der Waals surface area contributed by atoms with Crippen molar-refractivity contribution in [3.8, 4) is 0 Å². The van der Waals surface area contributed by atoms with Gasteiger partial charge < -0.3 is 4.79 Å². The molecule has 0 spiro atoms. The molecule has 1 aromatic carbocycles. The first kappa shape index (κ1) is 12.1. The lowest BCUT2D eigenvalue weighted by Crippen LogP contribution is -2.60. The Morgan fingerprint density at radius 3 is 2.26 bits per heavy atom. The lowest BCUT2D eigenvalue weighted by atomic mass is 9.45. The van der Waals surface area contributed by atoms with Crippen LogP contribution in [0.5, 0.6) is 0 Å². The maximum absolute atomic E-state index is 11.6. The average molecular weight is 319 g/mol. The third kappa shape index (κ3) is 1.55. The number of hydrogen-bond donors (Lipinski definition) is 0. The molecule has 4 saturated carbocycles. The minimum Gasteiger partial charge on any atom is -0.302 e. The van der Waals surface area contributed by atoms with E-state index in [0.29, 0.717) is 17.3 Å². The molecule has 100 valence electrons. The Balaban J connectivity index is 1.77. The molecule has 0 saturated heterocycles. The predicted octanol–water partition coefficient (Wildman–Crippen LogP) is 4.10. The molecule has 19 heavy (non-hydrogen) atoms. The predicted molar refractivity (Wildman–Crippen MR) is 79.4 cm³/mol. The molecule has 2 heteroatoms. The van der Waals surface area contributed by atoms with E-state index in [9.17, 15) is 4.79 Å². The number of alkyl halides is 1. The second-order valence-corrected chi connectivity index (χ2v) is 8.31. The van der Waals surface area contributed by atoms with E-state index in [2.05, 4.69) is 46.3 Å². The molecule has 1 nitrogen and oxygen atoms in total. The monoisotopic (exact) mass is 318 g/mol. The van der Waals surface area contributed by atoms with E-state index in [0.717, 1.165) is 5.92 Å². The van der Waals surface area contributed by atoms with Crippen molar-refractivity contribution in [3.05, 3.63) is 35.9 Å². The van der Waals surface area contributed by atoms with E-state index < -0.39 is 0 Å². The van der Waals surface area contributed by atoms with E-state index in [4.69, 9.17) is 0 Å². The van der Waals surface area contributed by atoms with E-state index in [-0.39, 0.29) is 4.32 Å². The second kappa shape index (κ2) is 3.94. The Kier molecular flexibility index (Phi) is 2.52. The summed E-state index contributed by atoms with van der Waals surface area (Å²) in [5.74, 6) is 1.91. The number of hydrogen-bond acceptors (Lipinski definition) is 1. The highest BCUT2D eigenvalue weighted by molar-refractivity contribution is 9.10. The van der Waals surface area contributed by atoms with Crippen molar-refractivity contribution in [3.63, 3.8) is 0 Å². The van der Waals surface area contributed by atoms with Crippen LogP contribution in [0.3, 0.4) is 0 Å². The van der Waals surface area contributed by atoms with Crippen molar-refractivity contribution in [2.75, 3.05) is 0 Å². The normalized spacial score (nSPS) is 47.3. The fourth-order valence-electron chi connectivity index (χ4n) is 5.33. The molecule has 0 aromatic heterocycles. The van der Waals surface area contributed by atoms with Gasteiger partial charge in [-0.1, -0.05) is 46.3 Å². The summed E-state index contributed by atoms with van der Waals surface area (Å²) in [6.07, 6.45) is 7.41.